The van der Waals surface area contributed by atoms with E-state index in [9.17, 15) is 9.59 Å². The van der Waals surface area contributed by atoms with Gasteiger partial charge in [0.25, 0.3) is 0 Å². The molecule has 0 bridgehead atoms. The summed E-state index contributed by atoms with van der Waals surface area (Å²) in [6.45, 7) is 0. The number of ether oxygens (including phenoxy) is 1. The molecule has 0 amide bonds. The second kappa shape index (κ2) is 5.11. The SMILES string of the molecule is Cn1nc(C(=O)Oc2ccccc2Cl)cc1C(=O)O. The first-order valence-corrected chi connectivity index (χ1v) is 5.61. The van der Waals surface area contributed by atoms with Crippen LogP contribution in [0, 0.1) is 0 Å². The number of halogens is 1. The van der Waals surface area contributed by atoms with Crippen LogP contribution in [-0.2, 0) is 7.05 Å². The quantitative estimate of drug-likeness (QED) is 0.687. The summed E-state index contributed by atoms with van der Waals surface area (Å²) in [5.74, 6) is -1.75. The molecule has 0 aliphatic carbocycles. The Morgan fingerprint density at radius 2 is 2.05 bits per heavy atom. The van der Waals surface area contributed by atoms with Crippen LogP contribution in [0.2, 0.25) is 5.02 Å². The second-order valence-corrected chi connectivity index (χ2v) is 4.07. The summed E-state index contributed by atoms with van der Waals surface area (Å²) in [5.41, 5.74) is -0.203. The van der Waals surface area contributed by atoms with Crippen molar-refractivity contribution >= 4 is 23.5 Å². The number of carboxylic acid groups (broad SMARTS) is 1. The minimum absolute atomic E-state index is 0.0974. The summed E-state index contributed by atoms with van der Waals surface area (Å²) < 4.78 is 6.13. The zero-order valence-corrected chi connectivity index (χ0v) is 10.6. The van der Waals surface area contributed by atoms with E-state index >= 15 is 0 Å². The Morgan fingerprint density at radius 1 is 1.37 bits per heavy atom. The summed E-state index contributed by atoms with van der Waals surface area (Å²) in [6.07, 6.45) is 0. The number of hydrogen-bond acceptors (Lipinski definition) is 4. The molecule has 2 aromatic rings. The molecular weight excluding hydrogens is 272 g/mol. The van der Waals surface area contributed by atoms with Gasteiger partial charge in [0.2, 0.25) is 0 Å². The summed E-state index contributed by atoms with van der Waals surface area (Å²) in [7, 11) is 1.43. The van der Waals surface area contributed by atoms with Gasteiger partial charge in [-0.05, 0) is 12.1 Å². The van der Waals surface area contributed by atoms with Gasteiger partial charge in [-0.3, -0.25) is 4.68 Å². The number of benzene rings is 1. The highest BCUT2D eigenvalue weighted by Crippen LogP contribution is 2.24. The molecule has 0 aliphatic heterocycles. The van der Waals surface area contributed by atoms with Gasteiger partial charge < -0.3 is 9.84 Å². The molecule has 0 saturated carbocycles. The van der Waals surface area contributed by atoms with Gasteiger partial charge in [-0.25, -0.2) is 9.59 Å². The number of hydrogen-bond donors (Lipinski definition) is 1. The van der Waals surface area contributed by atoms with E-state index in [4.69, 9.17) is 21.4 Å². The van der Waals surface area contributed by atoms with E-state index in [1.165, 1.54) is 13.1 Å². The fraction of sp³-hybridized carbons (Fsp3) is 0.0833. The van der Waals surface area contributed by atoms with Crippen molar-refractivity contribution in [3.8, 4) is 5.75 Å². The topological polar surface area (TPSA) is 81.4 Å². The number of carbonyl (C=O) groups excluding carboxylic acids is 1. The second-order valence-electron chi connectivity index (χ2n) is 3.66. The molecule has 0 spiro atoms. The predicted octanol–water partition coefficient (Wildman–Crippen LogP) is 1.99. The Labute approximate surface area is 113 Å². The van der Waals surface area contributed by atoms with Crippen LogP contribution < -0.4 is 4.74 Å². The van der Waals surface area contributed by atoms with Crippen LogP contribution in [0.25, 0.3) is 0 Å². The highest BCUT2D eigenvalue weighted by Gasteiger charge is 2.19. The Bertz CT molecular complexity index is 651. The Morgan fingerprint density at radius 3 is 2.63 bits per heavy atom. The first-order chi connectivity index (χ1) is 8.99. The lowest BCUT2D eigenvalue weighted by atomic mass is 10.3. The number of aromatic nitrogens is 2. The maximum atomic E-state index is 11.8. The normalized spacial score (nSPS) is 10.2. The van der Waals surface area contributed by atoms with E-state index in [-0.39, 0.29) is 22.2 Å². The van der Waals surface area contributed by atoms with Crippen LogP contribution in [0.5, 0.6) is 5.75 Å². The lowest BCUT2D eigenvalue weighted by Gasteiger charge is -2.03. The van der Waals surface area contributed by atoms with Gasteiger partial charge in [0.1, 0.15) is 11.4 Å². The van der Waals surface area contributed by atoms with Gasteiger partial charge >= 0.3 is 11.9 Å². The summed E-state index contributed by atoms with van der Waals surface area (Å²) in [4.78, 5) is 22.6. The predicted molar refractivity (Wildman–Crippen MR) is 66.6 cm³/mol. The number of esters is 1. The van der Waals surface area contributed by atoms with Crippen molar-refractivity contribution in [1.82, 2.24) is 9.78 Å². The van der Waals surface area contributed by atoms with Crippen molar-refractivity contribution in [2.45, 2.75) is 0 Å². The Hall–Kier alpha value is -2.34. The van der Waals surface area contributed by atoms with Gasteiger partial charge in [-0.2, -0.15) is 5.10 Å². The molecular formula is C12H9ClN2O4. The smallest absolute Gasteiger partial charge is 0.364 e. The minimum Gasteiger partial charge on any atom is -0.477 e. The van der Waals surface area contributed by atoms with Crippen molar-refractivity contribution in [3.63, 3.8) is 0 Å². The summed E-state index contributed by atoms with van der Waals surface area (Å²) >= 11 is 5.85. The van der Waals surface area contributed by atoms with E-state index in [0.29, 0.717) is 0 Å². The highest BCUT2D eigenvalue weighted by atomic mass is 35.5. The fourth-order valence-electron chi connectivity index (χ4n) is 1.45. The molecule has 6 nitrogen and oxygen atoms in total. The molecule has 0 radical (unpaired) electrons. The average molecular weight is 281 g/mol. The lowest BCUT2D eigenvalue weighted by molar-refractivity contribution is 0.0683. The number of carboxylic acids is 1. The van der Waals surface area contributed by atoms with E-state index < -0.39 is 11.9 Å². The first kappa shape index (κ1) is 13.1. The van der Waals surface area contributed by atoms with Crippen molar-refractivity contribution in [3.05, 3.63) is 46.7 Å². The van der Waals surface area contributed by atoms with E-state index in [0.717, 1.165) is 10.7 Å². The minimum atomic E-state index is -1.17. The molecule has 98 valence electrons. The van der Waals surface area contributed by atoms with E-state index in [2.05, 4.69) is 5.10 Å². The summed E-state index contributed by atoms with van der Waals surface area (Å²) in [5, 5.41) is 12.9. The van der Waals surface area contributed by atoms with Crippen LogP contribution in [0.15, 0.2) is 30.3 Å². The zero-order chi connectivity index (χ0) is 14.0. The number of rotatable bonds is 3. The third-order valence-electron chi connectivity index (χ3n) is 2.35. The molecule has 1 N–H and O–H groups in total. The maximum Gasteiger partial charge on any atom is 0.364 e. The average Bonchev–Trinajstić information content (AvgIpc) is 2.74. The number of aryl methyl sites for hydroxylation is 1. The molecule has 0 unspecified atom stereocenters. The fourth-order valence-corrected chi connectivity index (χ4v) is 1.62. The largest absolute Gasteiger partial charge is 0.477 e. The first-order valence-electron chi connectivity index (χ1n) is 5.23. The van der Waals surface area contributed by atoms with Gasteiger partial charge in [0.15, 0.2) is 5.69 Å². The highest BCUT2D eigenvalue weighted by molar-refractivity contribution is 6.32. The molecule has 0 atom stereocenters. The van der Waals surface area contributed by atoms with Crippen LogP contribution in [-0.4, -0.2) is 26.8 Å². The molecule has 1 aromatic heterocycles. The Balaban J connectivity index is 2.24. The van der Waals surface area contributed by atoms with Crippen LogP contribution in [0.1, 0.15) is 21.0 Å². The van der Waals surface area contributed by atoms with Gasteiger partial charge in [0.05, 0.1) is 5.02 Å². The number of para-hydroxylation sites is 1. The van der Waals surface area contributed by atoms with E-state index in [1.54, 1.807) is 18.2 Å². The van der Waals surface area contributed by atoms with Crippen LogP contribution in [0.4, 0.5) is 0 Å². The van der Waals surface area contributed by atoms with Gasteiger partial charge in [-0.1, -0.05) is 23.7 Å². The monoisotopic (exact) mass is 280 g/mol. The number of nitrogens with zero attached hydrogens (tertiary/aromatic N) is 2. The molecule has 0 fully saturated rings. The number of carbonyl (C=O) groups is 2. The standard InChI is InChI=1S/C12H9ClN2O4/c1-15-9(11(16)17)6-8(14-15)12(18)19-10-5-3-2-4-7(10)13/h2-6H,1H3,(H,16,17). The molecule has 0 saturated heterocycles. The van der Waals surface area contributed by atoms with Gasteiger partial charge in [0, 0.05) is 13.1 Å². The van der Waals surface area contributed by atoms with Crippen LogP contribution in [0.3, 0.4) is 0 Å². The van der Waals surface area contributed by atoms with Gasteiger partial charge in [-0.15, -0.1) is 0 Å². The number of aromatic carboxylic acids is 1. The van der Waals surface area contributed by atoms with Crippen molar-refractivity contribution in [2.24, 2.45) is 7.05 Å². The van der Waals surface area contributed by atoms with E-state index in [1.807, 2.05) is 0 Å². The molecule has 1 aromatic carbocycles. The third kappa shape index (κ3) is 2.74. The molecule has 19 heavy (non-hydrogen) atoms. The maximum absolute atomic E-state index is 11.8. The van der Waals surface area contributed by atoms with Crippen molar-refractivity contribution < 1.29 is 19.4 Å². The lowest BCUT2D eigenvalue weighted by Crippen LogP contribution is -2.10. The van der Waals surface area contributed by atoms with Crippen molar-refractivity contribution in [1.29, 1.82) is 0 Å². The summed E-state index contributed by atoms with van der Waals surface area (Å²) in [6, 6.07) is 7.60. The molecule has 0 aliphatic rings. The van der Waals surface area contributed by atoms with Crippen LogP contribution >= 0.6 is 11.6 Å². The molecule has 1 heterocycles. The Kier molecular flexibility index (Phi) is 3.52. The molecule has 2 rings (SSSR count). The zero-order valence-electron chi connectivity index (χ0n) is 9.83. The van der Waals surface area contributed by atoms with Crippen molar-refractivity contribution in [2.75, 3.05) is 0 Å². The third-order valence-corrected chi connectivity index (χ3v) is 2.66. The molecule has 7 heteroatoms.